The van der Waals surface area contributed by atoms with Crippen LogP contribution in [0.4, 0.5) is 0 Å². The summed E-state index contributed by atoms with van der Waals surface area (Å²) in [5.74, 6) is -1.23. The van der Waals surface area contributed by atoms with Gasteiger partial charge in [0.15, 0.2) is 5.60 Å². The van der Waals surface area contributed by atoms with Crippen LogP contribution in [0, 0.1) is 0 Å². The topological polar surface area (TPSA) is 75.3 Å². The third-order valence-corrected chi connectivity index (χ3v) is 1.91. The monoisotopic (exact) mass is 184 g/mol. The summed E-state index contributed by atoms with van der Waals surface area (Å²) in [7, 11) is 1.70. The van der Waals surface area contributed by atoms with Crippen molar-refractivity contribution in [1.82, 2.24) is 9.78 Å². The van der Waals surface area contributed by atoms with Crippen LogP contribution in [-0.4, -0.2) is 31.6 Å². The second kappa shape index (κ2) is 3.18. The van der Waals surface area contributed by atoms with Gasteiger partial charge in [0.1, 0.15) is 0 Å². The lowest BCUT2D eigenvalue weighted by molar-refractivity contribution is -0.156. The minimum absolute atomic E-state index is 0.0544. The van der Waals surface area contributed by atoms with Crippen molar-refractivity contribution in [3.8, 4) is 0 Å². The third kappa shape index (κ3) is 2.06. The molecule has 0 amide bonds. The molecule has 0 aliphatic heterocycles. The van der Waals surface area contributed by atoms with E-state index < -0.39 is 11.6 Å². The molecule has 1 rings (SSSR count). The molecule has 0 bridgehead atoms. The first-order valence-corrected chi connectivity index (χ1v) is 3.86. The second-order valence-corrected chi connectivity index (χ2v) is 3.20. The molecule has 13 heavy (non-hydrogen) atoms. The smallest absolute Gasteiger partial charge is 0.335 e. The molecule has 1 heterocycles. The zero-order valence-electron chi connectivity index (χ0n) is 7.56. The van der Waals surface area contributed by atoms with Crippen molar-refractivity contribution >= 4 is 5.97 Å². The Morgan fingerprint density at radius 1 is 1.77 bits per heavy atom. The van der Waals surface area contributed by atoms with Gasteiger partial charge in [-0.25, -0.2) is 4.79 Å². The van der Waals surface area contributed by atoms with Gasteiger partial charge >= 0.3 is 5.97 Å². The number of nitrogens with zero attached hydrogens (tertiary/aromatic N) is 2. The van der Waals surface area contributed by atoms with Crippen LogP contribution in [0.25, 0.3) is 0 Å². The van der Waals surface area contributed by atoms with E-state index in [9.17, 15) is 9.90 Å². The van der Waals surface area contributed by atoms with Gasteiger partial charge in [-0.2, -0.15) is 5.10 Å². The Kier molecular flexibility index (Phi) is 2.38. The molecule has 0 spiro atoms. The number of carbonyl (C=O) groups is 1. The number of carboxylic acids is 1. The molecular weight excluding hydrogens is 172 g/mol. The molecule has 0 radical (unpaired) electrons. The summed E-state index contributed by atoms with van der Waals surface area (Å²) in [4.78, 5) is 10.6. The number of hydrogen-bond acceptors (Lipinski definition) is 3. The normalized spacial score (nSPS) is 15.3. The average molecular weight is 184 g/mol. The average Bonchev–Trinajstić information content (AvgIpc) is 2.35. The van der Waals surface area contributed by atoms with Crippen molar-refractivity contribution < 1.29 is 15.0 Å². The zero-order chi connectivity index (χ0) is 10.1. The van der Waals surface area contributed by atoms with E-state index >= 15 is 0 Å². The first-order chi connectivity index (χ1) is 5.93. The maximum atomic E-state index is 10.6. The molecule has 1 unspecified atom stereocenters. The quantitative estimate of drug-likeness (QED) is 0.682. The van der Waals surface area contributed by atoms with E-state index in [1.54, 1.807) is 19.3 Å². The number of rotatable bonds is 3. The molecule has 1 aromatic rings. The van der Waals surface area contributed by atoms with Crippen molar-refractivity contribution in [1.29, 1.82) is 0 Å². The SMILES string of the molecule is Cn1nccc1CC(C)(O)C(=O)O. The Hall–Kier alpha value is -1.36. The first kappa shape index (κ1) is 9.73. The van der Waals surface area contributed by atoms with Gasteiger partial charge in [-0.05, 0) is 13.0 Å². The van der Waals surface area contributed by atoms with Crippen molar-refractivity contribution in [2.75, 3.05) is 0 Å². The fraction of sp³-hybridized carbons (Fsp3) is 0.500. The molecule has 0 aliphatic carbocycles. The number of aliphatic hydroxyl groups is 1. The van der Waals surface area contributed by atoms with Crippen LogP contribution in [0.5, 0.6) is 0 Å². The molecular formula is C8H12N2O3. The van der Waals surface area contributed by atoms with Crippen LogP contribution in [0.1, 0.15) is 12.6 Å². The summed E-state index contributed by atoms with van der Waals surface area (Å²) >= 11 is 0. The summed E-state index contributed by atoms with van der Waals surface area (Å²) in [6.07, 6.45) is 1.62. The lowest BCUT2D eigenvalue weighted by atomic mass is 10.0. The highest BCUT2D eigenvalue weighted by atomic mass is 16.4. The standard InChI is InChI=1S/C8H12N2O3/c1-8(13,7(11)12)5-6-3-4-9-10(6)2/h3-4,13H,5H2,1-2H3,(H,11,12). The molecule has 0 aromatic carbocycles. The molecule has 72 valence electrons. The minimum Gasteiger partial charge on any atom is -0.479 e. The lowest BCUT2D eigenvalue weighted by Gasteiger charge is -2.17. The third-order valence-electron chi connectivity index (χ3n) is 1.91. The van der Waals surface area contributed by atoms with Crippen molar-refractivity contribution in [2.24, 2.45) is 7.05 Å². The molecule has 1 atom stereocenters. The highest BCUT2D eigenvalue weighted by Crippen LogP contribution is 2.12. The van der Waals surface area contributed by atoms with Crippen LogP contribution in [0.3, 0.4) is 0 Å². The van der Waals surface area contributed by atoms with Gasteiger partial charge in [-0.1, -0.05) is 0 Å². The highest BCUT2D eigenvalue weighted by Gasteiger charge is 2.30. The van der Waals surface area contributed by atoms with Crippen LogP contribution < -0.4 is 0 Å². The van der Waals surface area contributed by atoms with Gasteiger partial charge in [0, 0.05) is 25.4 Å². The van der Waals surface area contributed by atoms with E-state index in [0.717, 1.165) is 0 Å². The Bertz CT molecular complexity index is 317. The molecule has 0 aliphatic rings. The molecule has 0 saturated carbocycles. The highest BCUT2D eigenvalue weighted by molar-refractivity contribution is 5.76. The molecule has 0 saturated heterocycles. The van der Waals surface area contributed by atoms with Crippen molar-refractivity contribution in [3.63, 3.8) is 0 Å². The Morgan fingerprint density at radius 2 is 2.38 bits per heavy atom. The molecule has 5 heteroatoms. The summed E-state index contributed by atoms with van der Waals surface area (Å²) in [6, 6.07) is 1.68. The van der Waals surface area contributed by atoms with Crippen LogP contribution >= 0.6 is 0 Å². The summed E-state index contributed by atoms with van der Waals surface area (Å²) in [5.41, 5.74) is -1.04. The maximum Gasteiger partial charge on any atom is 0.335 e. The number of hydrogen-bond donors (Lipinski definition) is 2. The minimum atomic E-state index is -1.73. The molecule has 5 nitrogen and oxygen atoms in total. The van der Waals surface area contributed by atoms with Gasteiger partial charge in [0.05, 0.1) is 0 Å². The van der Waals surface area contributed by atoms with Crippen LogP contribution in [-0.2, 0) is 18.3 Å². The molecule has 1 aromatic heterocycles. The van der Waals surface area contributed by atoms with Gasteiger partial charge in [0.25, 0.3) is 0 Å². The predicted molar refractivity (Wildman–Crippen MR) is 45.2 cm³/mol. The summed E-state index contributed by atoms with van der Waals surface area (Å²) in [6.45, 7) is 1.27. The predicted octanol–water partition coefficient (Wildman–Crippen LogP) is -0.202. The number of aryl methyl sites for hydroxylation is 1. The van der Waals surface area contributed by atoms with Crippen LogP contribution in [0.15, 0.2) is 12.3 Å². The van der Waals surface area contributed by atoms with E-state index in [-0.39, 0.29) is 6.42 Å². The number of carboxylic acid groups (broad SMARTS) is 1. The summed E-state index contributed by atoms with van der Waals surface area (Å²) in [5, 5.41) is 22.0. The Morgan fingerprint density at radius 3 is 2.77 bits per heavy atom. The molecule has 2 N–H and O–H groups in total. The number of aromatic nitrogens is 2. The van der Waals surface area contributed by atoms with Crippen LogP contribution in [0.2, 0.25) is 0 Å². The van der Waals surface area contributed by atoms with Crippen molar-refractivity contribution in [2.45, 2.75) is 18.9 Å². The zero-order valence-corrected chi connectivity index (χ0v) is 7.56. The van der Waals surface area contributed by atoms with Gasteiger partial charge < -0.3 is 10.2 Å². The summed E-state index contributed by atoms with van der Waals surface area (Å²) < 4.78 is 1.54. The molecule has 0 fully saturated rings. The van der Waals surface area contributed by atoms with Gasteiger partial charge in [-0.3, -0.25) is 4.68 Å². The van der Waals surface area contributed by atoms with Gasteiger partial charge in [0.2, 0.25) is 0 Å². The van der Waals surface area contributed by atoms with Crippen molar-refractivity contribution in [3.05, 3.63) is 18.0 Å². The maximum absolute atomic E-state index is 10.6. The first-order valence-electron chi connectivity index (χ1n) is 3.86. The van der Waals surface area contributed by atoms with E-state index in [0.29, 0.717) is 5.69 Å². The van der Waals surface area contributed by atoms with E-state index in [1.807, 2.05) is 0 Å². The Labute approximate surface area is 75.6 Å². The van der Waals surface area contributed by atoms with Gasteiger partial charge in [-0.15, -0.1) is 0 Å². The van der Waals surface area contributed by atoms with E-state index in [2.05, 4.69) is 5.10 Å². The fourth-order valence-electron chi connectivity index (χ4n) is 1.00. The van der Waals surface area contributed by atoms with E-state index in [4.69, 9.17) is 5.11 Å². The fourth-order valence-corrected chi connectivity index (χ4v) is 1.00. The lowest BCUT2D eigenvalue weighted by Crippen LogP contribution is -2.37. The second-order valence-electron chi connectivity index (χ2n) is 3.20. The van der Waals surface area contributed by atoms with E-state index in [1.165, 1.54) is 11.6 Å². The Balaban J connectivity index is 2.80. The largest absolute Gasteiger partial charge is 0.479 e. The number of aliphatic carboxylic acids is 1.